The summed E-state index contributed by atoms with van der Waals surface area (Å²) in [6.45, 7) is 10.9. The first kappa shape index (κ1) is 13.4. The Balaban J connectivity index is 1.70. The van der Waals surface area contributed by atoms with Gasteiger partial charge in [-0.1, -0.05) is 20.3 Å². The lowest BCUT2D eigenvalue weighted by molar-refractivity contribution is 0.116. The highest BCUT2D eigenvalue weighted by molar-refractivity contribution is 4.84. The first-order valence-electron chi connectivity index (χ1n) is 7.68. The van der Waals surface area contributed by atoms with E-state index in [-0.39, 0.29) is 0 Å². The van der Waals surface area contributed by atoms with Gasteiger partial charge in [0.15, 0.2) is 0 Å². The Morgan fingerprint density at radius 2 is 1.88 bits per heavy atom. The van der Waals surface area contributed by atoms with E-state index < -0.39 is 0 Å². The van der Waals surface area contributed by atoms with E-state index in [9.17, 15) is 0 Å². The predicted molar refractivity (Wildman–Crippen MR) is 74.2 cm³/mol. The van der Waals surface area contributed by atoms with Crippen LogP contribution in [0.3, 0.4) is 0 Å². The molecular weight excluding hydrogens is 208 g/mol. The third-order valence-electron chi connectivity index (χ3n) is 4.83. The topological polar surface area (TPSA) is 15.3 Å². The van der Waals surface area contributed by atoms with Crippen molar-refractivity contribution in [3.63, 3.8) is 0 Å². The maximum Gasteiger partial charge on any atom is 0.0105 e. The Hall–Kier alpha value is -0.0800. The second-order valence-electron chi connectivity index (χ2n) is 6.28. The largest absolute Gasteiger partial charge is 0.314 e. The fraction of sp³-hybridized carbons (Fsp3) is 1.00. The van der Waals surface area contributed by atoms with Crippen LogP contribution in [0.1, 0.15) is 52.9 Å². The molecule has 2 aliphatic rings. The Labute approximate surface area is 107 Å². The zero-order chi connectivity index (χ0) is 12.3. The first-order chi connectivity index (χ1) is 8.20. The van der Waals surface area contributed by atoms with Crippen LogP contribution in [-0.2, 0) is 0 Å². The number of hydrogen-bond donors (Lipinski definition) is 1. The van der Waals surface area contributed by atoms with Crippen molar-refractivity contribution in [3.8, 4) is 0 Å². The molecule has 2 atom stereocenters. The lowest BCUT2D eigenvalue weighted by atomic mass is 9.84. The van der Waals surface area contributed by atoms with Crippen molar-refractivity contribution in [3.05, 3.63) is 0 Å². The normalized spacial score (nSPS) is 24.7. The molecule has 0 spiro atoms. The van der Waals surface area contributed by atoms with Gasteiger partial charge in [-0.15, -0.1) is 0 Å². The molecule has 0 heterocycles. The van der Waals surface area contributed by atoms with Gasteiger partial charge in [0.25, 0.3) is 0 Å². The van der Waals surface area contributed by atoms with Gasteiger partial charge in [0.1, 0.15) is 0 Å². The average Bonchev–Trinajstić information content (AvgIpc) is 3.07. The number of rotatable bonds is 8. The van der Waals surface area contributed by atoms with Gasteiger partial charge in [0.05, 0.1) is 0 Å². The first-order valence-corrected chi connectivity index (χ1v) is 7.68. The molecule has 17 heavy (non-hydrogen) atoms. The molecule has 0 aromatic carbocycles. The third-order valence-corrected chi connectivity index (χ3v) is 4.83. The molecule has 1 N–H and O–H groups in total. The zero-order valence-corrected chi connectivity index (χ0v) is 11.9. The maximum atomic E-state index is 3.67. The van der Waals surface area contributed by atoms with Gasteiger partial charge in [0, 0.05) is 18.6 Å². The highest BCUT2D eigenvalue weighted by Crippen LogP contribution is 2.28. The number of nitrogens with one attached hydrogen (secondary N) is 1. The van der Waals surface area contributed by atoms with Gasteiger partial charge >= 0.3 is 0 Å². The lowest BCUT2D eigenvalue weighted by Crippen LogP contribution is -2.44. The molecule has 2 saturated carbocycles. The predicted octanol–water partition coefficient (Wildman–Crippen LogP) is 2.89. The van der Waals surface area contributed by atoms with E-state index in [0.29, 0.717) is 0 Å². The summed E-state index contributed by atoms with van der Waals surface area (Å²) in [7, 11) is 0. The molecule has 0 bridgehead atoms. The van der Waals surface area contributed by atoms with Crippen LogP contribution in [0.25, 0.3) is 0 Å². The van der Waals surface area contributed by atoms with E-state index in [4.69, 9.17) is 0 Å². The third kappa shape index (κ3) is 3.96. The van der Waals surface area contributed by atoms with Gasteiger partial charge in [0.2, 0.25) is 0 Å². The van der Waals surface area contributed by atoms with Crippen LogP contribution in [0.15, 0.2) is 0 Å². The highest BCUT2D eigenvalue weighted by atomic mass is 15.2. The molecule has 0 aliphatic heterocycles. The average molecular weight is 238 g/mol. The number of hydrogen-bond acceptors (Lipinski definition) is 2. The highest BCUT2D eigenvalue weighted by Gasteiger charge is 2.26. The van der Waals surface area contributed by atoms with Gasteiger partial charge < -0.3 is 10.2 Å². The molecule has 100 valence electrons. The standard InChI is InChI=1S/C15H30N2/c1-4-17(11-14-6-5-7-14)13(3)12(2)10-16-15-8-9-15/h12-16H,4-11H2,1-3H3. The van der Waals surface area contributed by atoms with Crippen LogP contribution in [0.5, 0.6) is 0 Å². The van der Waals surface area contributed by atoms with Crippen LogP contribution < -0.4 is 5.32 Å². The molecular formula is C15H30N2. The molecule has 0 saturated heterocycles. The molecule has 2 aliphatic carbocycles. The number of nitrogens with zero attached hydrogens (tertiary/aromatic N) is 1. The molecule has 2 fully saturated rings. The van der Waals surface area contributed by atoms with Crippen molar-refractivity contribution in [1.29, 1.82) is 0 Å². The molecule has 0 aromatic heterocycles. The molecule has 2 heteroatoms. The molecule has 2 nitrogen and oxygen atoms in total. The quantitative estimate of drug-likeness (QED) is 0.699. The summed E-state index contributed by atoms with van der Waals surface area (Å²) in [6, 6.07) is 1.58. The Morgan fingerprint density at radius 1 is 1.18 bits per heavy atom. The smallest absolute Gasteiger partial charge is 0.0105 e. The Bertz CT molecular complexity index is 221. The van der Waals surface area contributed by atoms with Crippen LogP contribution in [0.4, 0.5) is 0 Å². The van der Waals surface area contributed by atoms with Crippen LogP contribution >= 0.6 is 0 Å². The van der Waals surface area contributed by atoms with E-state index in [2.05, 4.69) is 31.0 Å². The van der Waals surface area contributed by atoms with E-state index >= 15 is 0 Å². The van der Waals surface area contributed by atoms with Crippen molar-refractivity contribution in [2.24, 2.45) is 11.8 Å². The minimum Gasteiger partial charge on any atom is -0.314 e. The summed E-state index contributed by atoms with van der Waals surface area (Å²) >= 11 is 0. The maximum absolute atomic E-state index is 3.67. The fourth-order valence-electron chi connectivity index (χ4n) is 2.76. The molecule has 0 aromatic rings. The van der Waals surface area contributed by atoms with Crippen LogP contribution in [0, 0.1) is 11.8 Å². The summed E-state index contributed by atoms with van der Waals surface area (Å²) in [5.74, 6) is 1.77. The van der Waals surface area contributed by atoms with E-state index in [1.165, 1.54) is 51.7 Å². The van der Waals surface area contributed by atoms with E-state index in [1.807, 2.05) is 0 Å². The second kappa shape index (κ2) is 6.19. The van der Waals surface area contributed by atoms with Crippen molar-refractivity contribution in [2.45, 2.75) is 65.0 Å². The Morgan fingerprint density at radius 3 is 2.35 bits per heavy atom. The van der Waals surface area contributed by atoms with Gasteiger partial charge in [-0.2, -0.15) is 0 Å². The monoisotopic (exact) mass is 238 g/mol. The summed E-state index contributed by atoms with van der Waals surface area (Å²) in [5.41, 5.74) is 0. The minimum absolute atomic E-state index is 0.729. The van der Waals surface area contributed by atoms with Gasteiger partial charge in [-0.25, -0.2) is 0 Å². The summed E-state index contributed by atoms with van der Waals surface area (Å²) in [5, 5.41) is 3.67. The SMILES string of the molecule is CCN(CC1CCC1)C(C)C(C)CNC1CC1. The molecule has 2 rings (SSSR count). The Kier molecular flexibility index (Phi) is 4.87. The van der Waals surface area contributed by atoms with Crippen LogP contribution in [-0.4, -0.2) is 36.6 Å². The van der Waals surface area contributed by atoms with Gasteiger partial charge in [-0.05, 0) is 57.5 Å². The van der Waals surface area contributed by atoms with Gasteiger partial charge in [-0.3, -0.25) is 0 Å². The van der Waals surface area contributed by atoms with Crippen molar-refractivity contribution >= 4 is 0 Å². The summed E-state index contributed by atoms with van der Waals surface area (Å²) in [6.07, 6.45) is 7.21. The molecule has 0 amide bonds. The second-order valence-corrected chi connectivity index (χ2v) is 6.28. The molecule has 0 radical (unpaired) electrons. The van der Waals surface area contributed by atoms with Crippen molar-refractivity contribution in [1.82, 2.24) is 10.2 Å². The zero-order valence-electron chi connectivity index (χ0n) is 11.9. The van der Waals surface area contributed by atoms with Crippen molar-refractivity contribution < 1.29 is 0 Å². The van der Waals surface area contributed by atoms with Crippen LogP contribution in [0.2, 0.25) is 0 Å². The van der Waals surface area contributed by atoms with E-state index in [1.54, 1.807) is 0 Å². The summed E-state index contributed by atoms with van der Waals surface area (Å²) < 4.78 is 0. The lowest BCUT2D eigenvalue weighted by Gasteiger charge is -2.37. The van der Waals surface area contributed by atoms with Crippen molar-refractivity contribution in [2.75, 3.05) is 19.6 Å². The minimum atomic E-state index is 0.729. The van der Waals surface area contributed by atoms with E-state index in [0.717, 1.165) is 23.9 Å². The fourth-order valence-corrected chi connectivity index (χ4v) is 2.76. The molecule has 2 unspecified atom stereocenters. The summed E-state index contributed by atoms with van der Waals surface area (Å²) in [4.78, 5) is 2.70.